The van der Waals surface area contributed by atoms with Crippen molar-refractivity contribution in [2.75, 3.05) is 0 Å². The van der Waals surface area contributed by atoms with E-state index in [9.17, 15) is 18.0 Å². The summed E-state index contributed by atoms with van der Waals surface area (Å²) in [4.78, 5) is 19.2. The summed E-state index contributed by atoms with van der Waals surface area (Å²) in [6.07, 6.45) is -4.49. The summed E-state index contributed by atoms with van der Waals surface area (Å²) in [6, 6.07) is 6.76. The van der Waals surface area contributed by atoms with E-state index in [-0.39, 0.29) is 15.9 Å². The molecule has 0 aliphatic heterocycles. The van der Waals surface area contributed by atoms with Gasteiger partial charge in [-0.25, -0.2) is 4.98 Å². The van der Waals surface area contributed by atoms with Crippen molar-refractivity contribution >= 4 is 42.8 Å². The van der Waals surface area contributed by atoms with E-state index in [1.807, 2.05) is 0 Å². The maximum absolute atomic E-state index is 13.0. The van der Waals surface area contributed by atoms with Gasteiger partial charge in [0.25, 0.3) is 5.56 Å². The zero-order chi connectivity index (χ0) is 17.6. The Morgan fingerprint density at radius 3 is 2.50 bits per heavy atom. The van der Waals surface area contributed by atoms with Crippen molar-refractivity contribution in [2.24, 2.45) is 0 Å². The Morgan fingerprint density at radius 2 is 1.83 bits per heavy atom. The fourth-order valence-corrected chi connectivity index (χ4v) is 3.16. The number of benzene rings is 2. The van der Waals surface area contributed by atoms with Crippen molar-refractivity contribution in [1.29, 1.82) is 0 Å². The number of H-pyrrole nitrogens is 1. The van der Waals surface area contributed by atoms with Crippen LogP contribution in [0.15, 0.2) is 44.1 Å². The lowest BCUT2D eigenvalue weighted by Crippen LogP contribution is -2.11. The normalized spacial score (nSPS) is 11.9. The maximum atomic E-state index is 13.0. The summed E-state index contributed by atoms with van der Waals surface area (Å²) in [5.74, 6) is 0.0838. The van der Waals surface area contributed by atoms with Gasteiger partial charge in [-0.05, 0) is 42.8 Å². The minimum atomic E-state index is -4.49. The third-order valence-electron chi connectivity index (χ3n) is 3.56. The highest BCUT2D eigenvalue weighted by atomic mass is 79.9. The van der Waals surface area contributed by atoms with Crippen molar-refractivity contribution in [3.05, 3.63) is 60.8 Å². The fraction of sp³-hybridized carbons (Fsp3) is 0.125. The van der Waals surface area contributed by atoms with Gasteiger partial charge in [0, 0.05) is 14.5 Å². The lowest BCUT2D eigenvalue weighted by atomic mass is 10.1. The second-order valence-electron chi connectivity index (χ2n) is 5.21. The number of aryl methyl sites for hydroxylation is 1. The molecular formula is C16H9Br2F3N2O. The largest absolute Gasteiger partial charge is 0.416 e. The molecule has 2 aromatic carbocycles. The monoisotopic (exact) mass is 460 g/mol. The fourth-order valence-electron chi connectivity index (χ4n) is 2.34. The molecular weight excluding hydrogens is 453 g/mol. The molecule has 24 heavy (non-hydrogen) atoms. The van der Waals surface area contributed by atoms with E-state index < -0.39 is 17.3 Å². The number of halogens is 5. The SMILES string of the molecule is Cc1c(Br)ccc2c(=O)[nH]c(-c3cc(Br)cc(C(F)(F)F)c3)nc12. The van der Waals surface area contributed by atoms with Crippen LogP contribution in [0.5, 0.6) is 0 Å². The number of nitrogens with zero attached hydrogens (tertiary/aromatic N) is 1. The Labute approximate surface area is 151 Å². The topological polar surface area (TPSA) is 45.8 Å². The first-order chi connectivity index (χ1) is 11.2. The van der Waals surface area contributed by atoms with Crippen LogP contribution in [0.25, 0.3) is 22.3 Å². The molecule has 0 amide bonds. The van der Waals surface area contributed by atoms with Crippen molar-refractivity contribution in [3.8, 4) is 11.4 Å². The van der Waals surface area contributed by atoms with Gasteiger partial charge in [-0.1, -0.05) is 31.9 Å². The molecule has 0 atom stereocenters. The highest BCUT2D eigenvalue weighted by molar-refractivity contribution is 9.10. The third-order valence-corrected chi connectivity index (χ3v) is 4.88. The number of nitrogens with one attached hydrogen (secondary N) is 1. The Hall–Kier alpha value is -1.67. The van der Waals surface area contributed by atoms with E-state index in [0.717, 1.165) is 22.2 Å². The van der Waals surface area contributed by atoms with Crippen molar-refractivity contribution < 1.29 is 13.2 Å². The quantitative estimate of drug-likeness (QED) is 0.524. The predicted octanol–water partition coefficient (Wildman–Crippen LogP) is 5.44. The molecule has 1 N–H and O–H groups in total. The Morgan fingerprint density at radius 1 is 1.12 bits per heavy atom. The third kappa shape index (κ3) is 3.12. The lowest BCUT2D eigenvalue weighted by Gasteiger charge is -2.11. The molecule has 124 valence electrons. The number of alkyl halides is 3. The van der Waals surface area contributed by atoms with Gasteiger partial charge in [0.2, 0.25) is 0 Å². The van der Waals surface area contributed by atoms with Gasteiger partial charge >= 0.3 is 6.18 Å². The van der Waals surface area contributed by atoms with Gasteiger partial charge < -0.3 is 4.98 Å². The molecule has 0 bridgehead atoms. The minimum absolute atomic E-state index is 0.0838. The number of hydrogen-bond acceptors (Lipinski definition) is 2. The molecule has 0 unspecified atom stereocenters. The van der Waals surface area contributed by atoms with Crippen molar-refractivity contribution in [3.63, 3.8) is 0 Å². The summed E-state index contributed by atoms with van der Waals surface area (Å²) in [7, 11) is 0. The van der Waals surface area contributed by atoms with Gasteiger partial charge in [-0.3, -0.25) is 4.79 Å². The molecule has 3 rings (SSSR count). The first kappa shape index (κ1) is 17.2. The molecule has 0 aliphatic carbocycles. The molecule has 3 aromatic rings. The molecule has 0 saturated carbocycles. The lowest BCUT2D eigenvalue weighted by molar-refractivity contribution is -0.137. The van der Waals surface area contributed by atoms with Crippen LogP contribution in [0.1, 0.15) is 11.1 Å². The molecule has 0 spiro atoms. The highest BCUT2D eigenvalue weighted by Gasteiger charge is 2.31. The molecule has 0 saturated heterocycles. The van der Waals surface area contributed by atoms with Gasteiger partial charge in [0.05, 0.1) is 16.5 Å². The van der Waals surface area contributed by atoms with E-state index in [0.29, 0.717) is 10.9 Å². The number of aromatic amines is 1. The molecule has 8 heteroatoms. The number of aromatic nitrogens is 2. The van der Waals surface area contributed by atoms with Gasteiger partial charge in [0.15, 0.2) is 0 Å². The minimum Gasteiger partial charge on any atom is -0.306 e. The summed E-state index contributed by atoms with van der Waals surface area (Å²) in [5.41, 5.74) is 0.136. The average molecular weight is 462 g/mol. The molecule has 1 heterocycles. The van der Waals surface area contributed by atoms with Crippen LogP contribution < -0.4 is 5.56 Å². The van der Waals surface area contributed by atoms with Crippen LogP contribution in [-0.4, -0.2) is 9.97 Å². The smallest absolute Gasteiger partial charge is 0.306 e. The first-order valence-corrected chi connectivity index (χ1v) is 8.32. The van der Waals surface area contributed by atoms with E-state index >= 15 is 0 Å². The number of fused-ring (bicyclic) bond motifs is 1. The van der Waals surface area contributed by atoms with E-state index in [1.165, 1.54) is 6.07 Å². The van der Waals surface area contributed by atoms with Gasteiger partial charge in [0.1, 0.15) is 5.82 Å². The first-order valence-electron chi connectivity index (χ1n) is 6.74. The van der Waals surface area contributed by atoms with Crippen LogP contribution >= 0.6 is 31.9 Å². The van der Waals surface area contributed by atoms with Crippen molar-refractivity contribution in [2.45, 2.75) is 13.1 Å². The molecule has 1 aromatic heterocycles. The summed E-state index contributed by atoms with van der Waals surface area (Å²) in [6.45, 7) is 1.78. The summed E-state index contributed by atoms with van der Waals surface area (Å²) >= 11 is 6.43. The summed E-state index contributed by atoms with van der Waals surface area (Å²) in [5, 5.41) is 0.380. The maximum Gasteiger partial charge on any atom is 0.416 e. The van der Waals surface area contributed by atoms with Crippen LogP contribution in [-0.2, 0) is 6.18 Å². The van der Waals surface area contributed by atoms with Crippen molar-refractivity contribution in [1.82, 2.24) is 9.97 Å². The molecule has 3 nitrogen and oxygen atoms in total. The van der Waals surface area contributed by atoms with E-state index in [2.05, 4.69) is 41.8 Å². The standard InChI is InChI=1S/C16H9Br2F3N2O/c1-7-12(18)3-2-11-13(7)22-14(23-15(11)24)8-4-9(16(19,20)21)6-10(17)5-8/h2-6H,1H3,(H,22,23,24). The number of rotatable bonds is 1. The molecule has 0 radical (unpaired) electrons. The zero-order valence-electron chi connectivity index (χ0n) is 12.1. The molecule has 0 aliphatic rings. The Bertz CT molecular complexity index is 1010. The van der Waals surface area contributed by atoms with Crippen LogP contribution in [0, 0.1) is 6.92 Å². The summed E-state index contributed by atoms with van der Waals surface area (Å²) < 4.78 is 40.0. The average Bonchev–Trinajstić information content (AvgIpc) is 2.49. The second-order valence-corrected chi connectivity index (χ2v) is 6.98. The van der Waals surface area contributed by atoms with E-state index in [4.69, 9.17) is 0 Å². The van der Waals surface area contributed by atoms with Crippen LogP contribution in [0.4, 0.5) is 13.2 Å². The van der Waals surface area contributed by atoms with Crippen LogP contribution in [0.3, 0.4) is 0 Å². The molecule has 0 fully saturated rings. The van der Waals surface area contributed by atoms with E-state index in [1.54, 1.807) is 19.1 Å². The van der Waals surface area contributed by atoms with Crippen LogP contribution in [0.2, 0.25) is 0 Å². The zero-order valence-corrected chi connectivity index (χ0v) is 15.3. The number of hydrogen-bond donors (Lipinski definition) is 1. The second kappa shape index (κ2) is 6.00. The Balaban J connectivity index is 2.29. The van der Waals surface area contributed by atoms with Gasteiger partial charge in [-0.15, -0.1) is 0 Å². The highest BCUT2D eigenvalue weighted by Crippen LogP contribution is 2.34. The Kier molecular flexibility index (Phi) is 4.29. The predicted molar refractivity (Wildman–Crippen MR) is 92.9 cm³/mol. The van der Waals surface area contributed by atoms with Gasteiger partial charge in [-0.2, -0.15) is 13.2 Å².